The van der Waals surface area contributed by atoms with Crippen molar-refractivity contribution in [3.8, 4) is 0 Å². The predicted octanol–water partition coefficient (Wildman–Crippen LogP) is -0.900. The third-order valence-corrected chi connectivity index (χ3v) is 4.76. The van der Waals surface area contributed by atoms with E-state index in [1.807, 2.05) is 0 Å². The van der Waals surface area contributed by atoms with Crippen molar-refractivity contribution in [2.24, 2.45) is 0 Å². The van der Waals surface area contributed by atoms with E-state index in [1.54, 1.807) is 27.7 Å². The summed E-state index contributed by atoms with van der Waals surface area (Å²) >= 11 is 0. The molecule has 0 radical (unpaired) electrons. The lowest BCUT2D eigenvalue weighted by Crippen LogP contribution is -2.53. The van der Waals surface area contributed by atoms with Gasteiger partial charge in [0.2, 0.25) is 16.0 Å². The van der Waals surface area contributed by atoms with Gasteiger partial charge in [0, 0.05) is 25.0 Å². The van der Waals surface area contributed by atoms with E-state index in [0.717, 1.165) is 10.6 Å². The molecule has 0 saturated heterocycles. The predicted molar refractivity (Wildman–Crippen MR) is 90.3 cm³/mol. The molecule has 1 rings (SSSR count). The van der Waals surface area contributed by atoms with E-state index in [1.165, 1.54) is 19.5 Å². The van der Waals surface area contributed by atoms with Gasteiger partial charge in [0.15, 0.2) is 0 Å². The quantitative estimate of drug-likeness (QED) is 0.451. The van der Waals surface area contributed by atoms with Crippen LogP contribution in [0.15, 0.2) is 12.4 Å². The van der Waals surface area contributed by atoms with Crippen LogP contribution < -0.4 is 9.77 Å². The molecule has 0 amide bonds. The fourth-order valence-electron chi connectivity index (χ4n) is 1.50. The first-order chi connectivity index (χ1) is 10.8. The first-order valence-corrected chi connectivity index (χ1v) is 9.01. The summed E-state index contributed by atoms with van der Waals surface area (Å²) in [7, 11) is -3.63. The van der Waals surface area contributed by atoms with Crippen molar-refractivity contribution in [3.05, 3.63) is 12.4 Å². The molecule has 24 heavy (non-hydrogen) atoms. The van der Waals surface area contributed by atoms with Gasteiger partial charge in [-0.15, -0.1) is 0 Å². The number of hydrogen-bond acceptors (Lipinski definition) is 8. The molecule has 1 heterocycles. The summed E-state index contributed by atoms with van der Waals surface area (Å²) < 4.78 is 34.6. The maximum absolute atomic E-state index is 11.7. The fraction of sp³-hybridized carbons (Fsp3) is 0.692. The number of hydrogen-bond donors (Lipinski definition) is 2. The highest BCUT2D eigenvalue weighted by atomic mass is 32.2. The smallest absolute Gasteiger partial charge is 0.423 e. The zero-order valence-electron chi connectivity index (χ0n) is 14.7. The summed E-state index contributed by atoms with van der Waals surface area (Å²) in [6.45, 7) is 6.16. The zero-order chi connectivity index (χ0) is 18.8. The standard InChI is InChI=1S/C13H24BN3O6S/c1-12(2,18)13(3,4)23-14(19)10-7-15-11(16-8-10)17(9-22-5)24(6,20)21/h7-8,18-19H,9H2,1-6H3. The second-order valence-corrected chi connectivity index (χ2v) is 8.29. The summed E-state index contributed by atoms with van der Waals surface area (Å²) in [6.07, 6.45) is 3.51. The Labute approximate surface area is 142 Å². The number of aromatic nitrogens is 2. The number of sulfonamides is 1. The van der Waals surface area contributed by atoms with Crippen molar-refractivity contribution >= 4 is 28.6 Å². The highest BCUT2D eigenvalue weighted by Crippen LogP contribution is 2.25. The van der Waals surface area contributed by atoms with Gasteiger partial charge >= 0.3 is 7.12 Å². The van der Waals surface area contributed by atoms with E-state index >= 15 is 0 Å². The second kappa shape index (κ2) is 7.32. The van der Waals surface area contributed by atoms with E-state index in [2.05, 4.69) is 9.97 Å². The summed E-state index contributed by atoms with van der Waals surface area (Å²) in [5.74, 6) is -0.0861. The SMILES string of the molecule is COCN(c1ncc(B(O)OC(C)(C)C(C)(C)O)cn1)S(C)(=O)=O. The molecule has 0 aliphatic heterocycles. The molecule has 0 aromatic carbocycles. The molecule has 1 aromatic rings. The Balaban J connectivity index is 2.98. The maximum atomic E-state index is 11.7. The van der Waals surface area contributed by atoms with Gasteiger partial charge in [-0.3, -0.25) is 0 Å². The average molecular weight is 361 g/mol. The van der Waals surface area contributed by atoms with Crippen molar-refractivity contribution in [3.63, 3.8) is 0 Å². The Hall–Kier alpha value is -1.27. The lowest BCUT2D eigenvalue weighted by atomic mass is 9.78. The average Bonchev–Trinajstić information content (AvgIpc) is 2.42. The van der Waals surface area contributed by atoms with E-state index in [-0.39, 0.29) is 18.1 Å². The molecule has 0 fully saturated rings. The summed E-state index contributed by atoms with van der Waals surface area (Å²) in [6, 6.07) is 0. The molecule has 1 aromatic heterocycles. The molecule has 136 valence electrons. The van der Waals surface area contributed by atoms with Crippen molar-refractivity contribution in [1.29, 1.82) is 0 Å². The van der Waals surface area contributed by atoms with Crippen LogP contribution in [-0.4, -0.2) is 66.9 Å². The van der Waals surface area contributed by atoms with Gasteiger partial charge < -0.3 is 19.5 Å². The van der Waals surface area contributed by atoms with Crippen molar-refractivity contribution in [1.82, 2.24) is 9.97 Å². The Morgan fingerprint density at radius 2 is 1.75 bits per heavy atom. The van der Waals surface area contributed by atoms with Gasteiger partial charge in [-0.2, -0.15) is 0 Å². The molecule has 11 heteroatoms. The van der Waals surface area contributed by atoms with Crippen molar-refractivity contribution < 1.29 is 27.9 Å². The van der Waals surface area contributed by atoms with Crippen LogP contribution in [0.1, 0.15) is 27.7 Å². The van der Waals surface area contributed by atoms with Gasteiger partial charge in [0.25, 0.3) is 0 Å². The van der Waals surface area contributed by atoms with Gasteiger partial charge in [-0.05, 0) is 27.7 Å². The number of anilines is 1. The first-order valence-electron chi connectivity index (χ1n) is 7.16. The highest BCUT2D eigenvalue weighted by Gasteiger charge is 2.39. The molecular formula is C13H24BN3O6S. The zero-order valence-corrected chi connectivity index (χ0v) is 15.5. The van der Waals surface area contributed by atoms with Crippen LogP contribution in [0, 0.1) is 0 Å². The molecule has 0 spiro atoms. The largest absolute Gasteiger partial charge is 0.494 e. The van der Waals surface area contributed by atoms with E-state index in [9.17, 15) is 18.5 Å². The molecule has 0 aliphatic carbocycles. The number of aliphatic hydroxyl groups is 1. The Morgan fingerprint density at radius 1 is 1.25 bits per heavy atom. The van der Waals surface area contributed by atoms with Crippen LogP contribution in [0.4, 0.5) is 5.95 Å². The Bertz CT molecular complexity index is 645. The van der Waals surface area contributed by atoms with Crippen molar-refractivity contribution in [2.75, 3.05) is 24.4 Å². The van der Waals surface area contributed by atoms with Gasteiger partial charge in [0.05, 0.1) is 17.5 Å². The second-order valence-electron chi connectivity index (χ2n) is 6.39. The minimum atomic E-state index is -3.60. The monoisotopic (exact) mass is 361 g/mol. The lowest BCUT2D eigenvalue weighted by Gasteiger charge is -2.38. The molecule has 9 nitrogen and oxygen atoms in total. The Morgan fingerprint density at radius 3 is 2.12 bits per heavy atom. The van der Waals surface area contributed by atoms with Crippen LogP contribution in [-0.2, 0) is 19.4 Å². The van der Waals surface area contributed by atoms with Crippen molar-refractivity contribution in [2.45, 2.75) is 38.9 Å². The number of rotatable bonds is 8. The fourth-order valence-corrected chi connectivity index (χ4v) is 2.19. The van der Waals surface area contributed by atoms with Crippen LogP contribution in [0.3, 0.4) is 0 Å². The number of methoxy groups -OCH3 is 1. The number of nitrogens with zero attached hydrogens (tertiary/aromatic N) is 3. The molecular weight excluding hydrogens is 337 g/mol. The minimum absolute atomic E-state index is 0.0861. The molecule has 0 unspecified atom stereocenters. The van der Waals surface area contributed by atoms with E-state index in [4.69, 9.17) is 9.39 Å². The number of ether oxygens (including phenoxy) is 1. The topological polar surface area (TPSA) is 122 Å². The third kappa shape index (κ3) is 5.11. The minimum Gasteiger partial charge on any atom is -0.423 e. The van der Waals surface area contributed by atoms with Crippen LogP contribution in [0.25, 0.3) is 0 Å². The molecule has 2 N–H and O–H groups in total. The van der Waals surface area contributed by atoms with E-state index < -0.39 is 28.3 Å². The normalized spacial score (nSPS) is 13.0. The third-order valence-electron chi connectivity index (χ3n) is 3.69. The highest BCUT2D eigenvalue weighted by molar-refractivity contribution is 7.92. The molecule has 0 bridgehead atoms. The van der Waals surface area contributed by atoms with Gasteiger partial charge in [-0.1, -0.05) is 0 Å². The van der Waals surface area contributed by atoms with Gasteiger partial charge in [-0.25, -0.2) is 22.7 Å². The maximum Gasteiger partial charge on any atom is 0.494 e. The van der Waals surface area contributed by atoms with E-state index in [0.29, 0.717) is 0 Å². The first kappa shape index (κ1) is 20.8. The Kier molecular flexibility index (Phi) is 6.34. The molecule has 0 saturated carbocycles. The van der Waals surface area contributed by atoms with Crippen LogP contribution >= 0.6 is 0 Å². The summed E-state index contributed by atoms with van der Waals surface area (Å²) in [5, 5.41) is 20.2. The summed E-state index contributed by atoms with van der Waals surface area (Å²) in [4.78, 5) is 7.86. The lowest BCUT2D eigenvalue weighted by molar-refractivity contribution is -0.0982. The van der Waals surface area contributed by atoms with Crippen LogP contribution in [0.2, 0.25) is 0 Å². The summed E-state index contributed by atoms with van der Waals surface area (Å²) in [5.41, 5.74) is -2.01. The van der Waals surface area contributed by atoms with Gasteiger partial charge in [0.1, 0.15) is 6.73 Å². The molecule has 0 atom stereocenters. The molecule has 0 aliphatic rings. The van der Waals surface area contributed by atoms with Crippen LogP contribution in [0.5, 0.6) is 0 Å².